The van der Waals surface area contributed by atoms with Gasteiger partial charge in [-0.3, -0.25) is 4.79 Å². The fourth-order valence-corrected chi connectivity index (χ4v) is 1.92. The summed E-state index contributed by atoms with van der Waals surface area (Å²) >= 11 is 0. The van der Waals surface area contributed by atoms with Gasteiger partial charge in [0, 0.05) is 32.2 Å². The molecule has 0 spiro atoms. The summed E-state index contributed by atoms with van der Waals surface area (Å²) in [5.74, 6) is -0.543. The molecule has 94 valence electrons. The van der Waals surface area contributed by atoms with Crippen LogP contribution < -0.4 is 5.32 Å². The van der Waals surface area contributed by atoms with E-state index in [0.717, 1.165) is 6.26 Å². The van der Waals surface area contributed by atoms with E-state index >= 15 is 0 Å². The second-order valence-electron chi connectivity index (χ2n) is 4.18. The molecule has 16 heavy (non-hydrogen) atoms. The van der Waals surface area contributed by atoms with E-state index in [0.29, 0.717) is 13.0 Å². The topological polar surface area (TPSA) is 92.7 Å². The van der Waals surface area contributed by atoms with Crippen molar-refractivity contribution < 1.29 is 23.1 Å². The molecule has 1 heterocycles. The van der Waals surface area contributed by atoms with Gasteiger partial charge in [-0.2, -0.15) is 0 Å². The van der Waals surface area contributed by atoms with Crippen molar-refractivity contribution in [3.8, 4) is 0 Å². The maximum Gasteiger partial charge on any atom is 0.221 e. The Morgan fingerprint density at radius 2 is 2.25 bits per heavy atom. The predicted molar refractivity (Wildman–Crippen MR) is 57.7 cm³/mol. The first-order valence-electron chi connectivity index (χ1n) is 5.05. The van der Waals surface area contributed by atoms with E-state index < -0.39 is 15.4 Å². The molecule has 0 saturated carbocycles. The largest absolute Gasteiger partial charge is 0.386 e. The van der Waals surface area contributed by atoms with Gasteiger partial charge in [-0.1, -0.05) is 0 Å². The van der Waals surface area contributed by atoms with Crippen molar-refractivity contribution in [3.63, 3.8) is 0 Å². The van der Waals surface area contributed by atoms with Crippen molar-refractivity contribution in [2.24, 2.45) is 0 Å². The predicted octanol–water partition coefficient (Wildman–Crippen LogP) is -1.31. The van der Waals surface area contributed by atoms with Crippen molar-refractivity contribution in [1.29, 1.82) is 0 Å². The van der Waals surface area contributed by atoms with Gasteiger partial charge in [0.1, 0.15) is 15.4 Å². The SMILES string of the molecule is CS(=O)(=O)CCC(=O)NCC1(O)CCOC1. The zero-order chi connectivity index (χ0) is 12.2. The Balaban J connectivity index is 2.25. The number of hydrogen-bond donors (Lipinski definition) is 2. The summed E-state index contributed by atoms with van der Waals surface area (Å²) in [6.45, 7) is 0.796. The number of nitrogens with one attached hydrogen (secondary N) is 1. The van der Waals surface area contributed by atoms with Crippen molar-refractivity contribution in [2.45, 2.75) is 18.4 Å². The molecule has 0 bridgehead atoms. The van der Waals surface area contributed by atoms with Gasteiger partial charge in [0.05, 0.1) is 12.4 Å². The quantitative estimate of drug-likeness (QED) is 0.633. The van der Waals surface area contributed by atoms with Crippen LogP contribution in [0.1, 0.15) is 12.8 Å². The number of carbonyl (C=O) groups excluding carboxylic acids is 1. The van der Waals surface area contributed by atoms with Gasteiger partial charge in [-0.15, -0.1) is 0 Å². The third kappa shape index (κ3) is 4.91. The van der Waals surface area contributed by atoms with Crippen LogP contribution in [0.4, 0.5) is 0 Å². The normalized spacial score (nSPS) is 25.6. The van der Waals surface area contributed by atoms with Gasteiger partial charge in [0.25, 0.3) is 0 Å². The van der Waals surface area contributed by atoms with Crippen LogP contribution in [-0.2, 0) is 19.4 Å². The average molecular weight is 251 g/mol. The van der Waals surface area contributed by atoms with Crippen LogP contribution in [0.3, 0.4) is 0 Å². The molecule has 6 nitrogen and oxygen atoms in total. The first-order valence-corrected chi connectivity index (χ1v) is 7.11. The Bertz CT molecular complexity index is 345. The molecular formula is C9H17NO5S. The van der Waals surface area contributed by atoms with E-state index in [2.05, 4.69) is 5.32 Å². The Morgan fingerprint density at radius 3 is 2.75 bits per heavy atom. The van der Waals surface area contributed by atoms with Gasteiger partial charge < -0.3 is 15.2 Å². The van der Waals surface area contributed by atoms with Crippen LogP contribution in [0.2, 0.25) is 0 Å². The summed E-state index contributed by atoms with van der Waals surface area (Å²) in [4.78, 5) is 11.3. The molecule has 1 amide bonds. The van der Waals surface area contributed by atoms with E-state index in [1.807, 2.05) is 0 Å². The molecule has 0 radical (unpaired) electrons. The van der Waals surface area contributed by atoms with Crippen molar-refractivity contribution in [1.82, 2.24) is 5.32 Å². The summed E-state index contributed by atoms with van der Waals surface area (Å²) in [5.41, 5.74) is -0.999. The van der Waals surface area contributed by atoms with Crippen LogP contribution >= 0.6 is 0 Å². The minimum atomic E-state index is -3.12. The Hall–Kier alpha value is -0.660. The summed E-state index contributed by atoms with van der Waals surface area (Å²) in [7, 11) is -3.12. The molecule has 0 aromatic carbocycles. The number of hydrogen-bond acceptors (Lipinski definition) is 5. The molecule has 0 aliphatic carbocycles. The summed E-state index contributed by atoms with van der Waals surface area (Å²) in [6, 6.07) is 0. The number of rotatable bonds is 5. The molecule has 1 saturated heterocycles. The highest BCUT2D eigenvalue weighted by molar-refractivity contribution is 7.90. The number of aliphatic hydroxyl groups is 1. The number of carbonyl (C=O) groups is 1. The summed E-state index contributed by atoms with van der Waals surface area (Å²) < 4.78 is 26.6. The number of amides is 1. The van der Waals surface area contributed by atoms with Gasteiger partial charge >= 0.3 is 0 Å². The lowest BCUT2D eigenvalue weighted by atomic mass is 10.0. The maximum atomic E-state index is 11.3. The van der Waals surface area contributed by atoms with E-state index in [4.69, 9.17) is 4.74 Å². The number of ether oxygens (including phenoxy) is 1. The Labute approximate surface area is 94.9 Å². The lowest BCUT2D eigenvalue weighted by molar-refractivity contribution is -0.122. The smallest absolute Gasteiger partial charge is 0.221 e. The summed E-state index contributed by atoms with van der Waals surface area (Å²) in [5, 5.41) is 12.3. The third-order valence-corrected chi connectivity index (χ3v) is 3.34. The fraction of sp³-hybridized carbons (Fsp3) is 0.889. The molecule has 0 aromatic rings. The molecule has 1 aliphatic rings. The van der Waals surface area contributed by atoms with Gasteiger partial charge in [-0.25, -0.2) is 8.42 Å². The lowest BCUT2D eigenvalue weighted by Gasteiger charge is -2.20. The molecule has 1 atom stereocenters. The minimum absolute atomic E-state index is 0.0736. The average Bonchev–Trinajstić information content (AvgIpc) is 2.59. The Kier molecular flexibility index (Phi) is 4.28. The molecule has 7 heteroatoms. The van der Waals surface area contributed by atoms with Crippen LogP contribution in [0.5, 0.6) is 0 Å². The zero-order valence-corrected chi connectivity index (χ0v) is 10.0. The molecule has 2 N–H and O–H groups in total. The minimum Gasteiger partial charge on any atom is -0.386 e. The summed E-state index contributed by atoms with van der Waals surface area (Å²) in [6.07, 6.45) is 1.49. The van der Waals surface area contributed by atoms with Crippen LogP contribution in [0, 0.1) is 0 Å². The van der Waals surface area contributed by atoms with E-state index in [-0.39, 0.29) is 31.2 Å². The molecule has 1 rings (SSSR count). The van der Waals surface area contributed by atoms with E-state index in [9.17, 15) is 18.3 Å². The fourth-order valence-electron chi connectivity index (χ4n) is 1.37. The molecular weight excluding hydrogens is 234 g/mol. The monoisotopic (exact) mass is 251 g/mol. The second kappa shape index (κ2) is 5.11. The zero-order valence-electron chi connectivity index (χ0n) is 9.23. The maximum absolute atomic E-state index is 11.3. The van der Waals surface area contributed by atoms with Crippen LogP contribution in [-0.4, -0.2) is 56.8 Å². The Morgan fingerprint density at radius 1 is 1.56 bits per heavy atom. The highest BCUT2D eigenvalue weighted by Gasteiger charge is 2.32. The molecule has 0 aromatic heterocycles. The van der Waals surface area contributed by atoms with Crippen molar-refractivity contribution in [2.75, 3.05) is 31.8 Å². The van der Waals surface area contributed by atoms with Gasteiger partial charge in [-0.05, 0) is 0 Å². The van der Waals surface area contributed by atoms with E-state index in [1.54, 1.807) is 0 Å². The van der Waals surface area contributed by atoms with Crippen molar-refractivity contribution in [3.05, 3.63) is 0 Å². The molecule has 1 fully saturated rings. The highest BCUT2D eigenvalue weighted by Crippen LogP contribution is 2.16. The lowest BCUT2D eigenvalue weighted by Crippen LogP contribution is -2.43. The molecule has 1 unspecified atom stereocenters. The van der Waals surface area contributed by atoms with Crippen LogP contribution in [0.15, 0.2) is 0 Å². The van der Waals surface area contributed by atoms with Gasteiger partial charge in [0.15, 0.2) is 0 Å². The second-order valence-corrected chi connectivity index (χ2v) is 6.44. The van der Waals surface area contributed by atoms with Crippen molar-refractivity contribution >= 4 is 15.7 Å². The highest BCUT2D eigenvalue weighted by atomic mass is 32.2. The first kappa shape index (κ1) is 13.4. The van der Waals surface area contributed by atoms with Crippen LogP contribution in [0.25, 0.3) is 0 Å². The standard InChI is InChI=1S/C9H17NO5S/c1-16(13,14)5-2-8(11)10-6-9(12)3-4-15-7-9/h12H,2-7H2,1H3,(H,10,11). The molecule has 1 aliphatic heterocycles. The van der Waals surface area contributed by atoms with Gasteiger partial charge in [0.2, 0.25) is 5.91 Å². The number of sulfone groups is 1. The third-order valence-electron chi connectivity index (χ3n) is 2.40. The van der Waals surface area contributed by atoms with E-state index in [1.165, 1.54) is 0 Å². The first-order chi connectivity index (χ1) is 7.31.